The first-order chi connectivity index (χ1) is 27.9. The maximum atomic E-state index is 14.3. The number of H-pyrrole nitrogens is 1. The topological polar surface area (TPSA) is 196 Å². The Kier molecular flexibility index (Phi) is 15.0. The van der Waals surface area contributed by atoms with Crippen LogP contribution in [0.15, 0.2) is 42.5 Å². The van der Waals surface area contributed by atoms with Crippen molar-refractivity contribution in [1.29, 1.82) is 0 Å². The number of alkyl halides is 1. The van der Waals surface area contributed by atoms with Crippen molar-refractivity contribution in [2.75, 3.05) is 65.5 Å². The van der Waals surface area contributed by atoms with Crippen molar-refractivity contribution in [2.24, 2.45) is 5.92 Å². The predicted molar refractivity (Wildman–Crippen MR) is 216 cm³/mol. The van der Waals surface area contributed by atoms with E-state index in [2.05, 4.69) is 15.6 Å². The monoisotopic (exact) mass is 826 g/mol. The number of hydrogen-bond donors (Lipinski definition) is 4. The Morgan fingerprint density at radius 2 is 1.71 bits per heavy atom. The summed E-state index contributed by atoms with van der Waals surface area (Å²) in [6, 6.07) is 11.5. The molecule has 0 radical (unpaired) electrons. The SMILES string of the molecule is CCC(CO)OC(COC(=O)NCCC(=O)N[C@H](C(=O)Oc1cc2c(c3ccccc13)[C@H](CCl)CN2C(=O)c1cc2cc(OC)c(OC)c(OC)c2[nH]1)C(C)C)OC. The molecule has 0 spiro atoms. The number of aliphatic hydroxyl groups excluding tert-OH is 1. The lowest BCUT2D eigenvalue weighted by atomic mass is 9.95. The highest BCUT2D eigenvalue weighted by molar-refractivity contribution is 6.19. The van der Waals surface area contributed by atoms with Crippen LogP contribution in [0, 0.1) is 5.92 Å². The second-order valence-electron chi connectivity index (χ2n) is 13.9. The number of carbonyl (C=O) groups is 4. The van der Waals surface area contributed by atoms with Crippen LogP contribution in [0.25, 0.3) is 21.7 Å². The second-order valence-corrected chi connectivity index (χ2v) is 14.2. The van der Waals surface area contributed by atoms with Crippen LogP contribution in [0.1, 0.15) is 55.6 Å². The van der Waals surface area contributed by atoms with E-state index in [9.17, 15) is 24.3 Å². The average molecular weight is 827 g/mol. The molecule has 3 amide bonds. The number of esters is 1. The van der Waals surface area contributed by atoms with Crippen LogP contribution in [-0.2, 0) is 23.8 Å². The van der Waals surface area contributed by atoms with Crippen molar-refractivity contribution >= 4 is 62.8 Å². The molecule has 0 saturated heterocycles. The highest BCUT2D eigenvalue weighted by Crippen LogP contribution is 2.47. The van der Waals surface area contributed by atoms with Crippen molar-refractivity contribution < 1.29 is 57.4 Å². The molecule has 4 N–H and O–H groups in total. The van der Waals surface area contributed by atoms with Gasteiger partial charge in [-0.15, -0.1) is 11.6 Å². The molecule has 5 rings (SSSR count). The molecule has 16 nitrogen and oxygen atoms in total. The summed E-state index contributed by atoms with van der Waals surface area (Å²) >= 11 is 6.52. The summed E-state index contributed by atoms with van der Waals surface area (Å²) in [7, 11) is 5.90. The Hall–Kier alpha value is -5.29. The van der Waals surface area contributed by atoms with Gasteiger partial charge in [0.15, 0.2) is 17.8 Å². The van der Waals surface area contributed by atoms with Crippen molar-refractivity contribution in [3.63, 3.8) is 0 Å². The van der Waals surface area contributed by atoms with Gasteiger partial charge in [-0.05, 0) is 35.4 Å². The molecular formula is C41H51ClN4O12. The van der Waals surface area contributed by atoms with Gasteiger partial charge in [0, 0.05) is 55.3 Å². The minimum Gasteiger partial charge on any atom is -0.493 e. The van der Waals surface area contributed by atoms with Crippen molar-refractivity contribution in [3.05, 3.63) is 53.7 Å². The number of methoxy groups -OCH3 is 4. The Bertz CT molecular complexity index is 2100. The fourth-order valence-electron chi connectivity index (χ4n) is 6.85. The molecule has 1 aromatic heterocycles. The summed E-state index contributed by atoms with van der Waals surface area (Å²) in [5, 5.41) is 16.6. The maximum absolute atomic E-state index is 14.3. The van der Waals surface area contributed by atoms with Gasteiger partial charge in [0.25, 0.3) is 5.91 Å². The molecule has 0 aliphatic carbocycles. The number of amides is 3. The Morgan fingerprint density at radius 3 is 2.33 bits per heavy atom. The fourth-order valence-corrected chi connectivity index (χ4v) is 7.11. The average Bonchev–Trinajstić information content (AvgIpc) is 3.83. The molecule has 4 atom stereocenters. The third-order valence-electron chi connectivity index (χ3n) is 9.90. The molecule has 2 heterocycles. The molecule has 1 aliphatic heterocycles. The van der Waals surface area contributed by atoms with Crippen LogP contribution in [0.3, 0.4) is 0 Å². The van der Waals surface area contributed by atoms with Crippen molar-refractivity contribution in [2.45, 2.75) is 58.0 Å². The quantitative estimate of drug-likeness (QED) is 0.0416. The highest BCUT2D eigenvalue weighted by Gasteiger charge is 2.37. The molecule has 1 aliphatic rings. The number of hydrogen-bond acceptors (Lipinski definition) is 12. The zero-order valence-electron chi connectivity index (χ0n) is 33.6. The largest absolute Gasteiger partial charge is 0.493 e. The molecule has 0 bridgehead atoms. The fraction of sp³-hybridized carbons (Fsp3) is 0.463. The van der Waals surface area contributed by atoms with E-state index in [1.165, 1.54) is 28.4 Å². The van der Waals surface area contributed by atoms with Crippen LogP contribution in [0.4, 0.5) is 10.5 Å². The lowest BCUT2D eigenvalue weighted by Crippen LogP contribution is -2.47. The van der Waals surface area contributed by atoms with Gasteiger partial charge in [0.05, 0.1) is 45.2 Å². The zero-order chi connectivity index (χ0) is 42.1. The number of aromatic nitrogens is 1. The number of carbonyl (C=O) groups excluding carboxylic acids is 4. The van der Waals surface area contributed by atoms with Crippen LogP contribution < -0.4 is 34.5 Å². The first-order valence-corrected chi connectivity index (χ1v) is 19.4. The lowest BCUT2D eigenvalue weighted by molar-refractivity contribution is -0.181. The molecule has 0 fully saturated rings. The molecule has 58 heavy (non-hydrogen) atoms. The van der Waals surface area contributed by atoms with Crippen LogP contribution >= 0.6 is 11.6 Å². The molecular weight excluding hydrogens is 776 g/mol. The highest BCUT2D eigenvalue weighted by atomic mass is 35.5. The number of rotatable bonds is 19. The smallest absolute Gasteiger partial charge is 0.407 e. The summed E-state index contributed by atoms with van der Waals surface area (Å²) in [6.45, 7) is 5.12. The van der Waals surface area contributed by atoms with Gasteiger partial charge in [-0.3, -0.25) is 9.59 Å². The lowest BCUT2D eigenvalue weighted by Gasteiger charge is -2.23. The Balaban J connectivity index is 1.32. The van der Waals surface area contributed by atoms with Crippen LogP contribution in [0.2, 0.25) is 0 Å². The predicted octanol–water partition coefficient (Wildman–Crippen LogP) is 5.25. The van der Waals surface area contributed by atoms with Gasteiger partial charge in [-0.25, -0.2) is 9.59 Å². The van der Waals surface area contributed by atoms with Gasteiger partial charge < -0.3 is 58.8 Å². The zero-order valence-corrected chi connectivity index (χ0v) is 34.4. The number of aliphatic hydroxyl groups is 1. The van der Waals surface area contributed by atoms with Gasteiger partial charge >= 0.3 is 12.1 Å². The molecule has 3 aromatic carbocycles. The number of alkyl carbamates (subject to hydrolysis) is 1. The number of benzene rings is 3. The van der Waals surface area contributed by atoms with E-state index in [0.717, 1.165) is 10.9 Å². The molecule has 314 valence electrons. The Morgan fingerprint density at radius 1 is 0.983 bits per heavy atom. The first-order valence-electron chi connectivity index (χ1n) is 18.9. The molecule has 17 heteroatoms. The minimum atomic E-state index is -1.05. The van der Waals surface area contributed by atoms with Crippen LogP contribution in [-0.4, -0.2) is 113 Å². The summed E-state index contributed by atoms with van der Waals surface area (Å²) in [5.74, 6) is -0.538. The minimum absolute atomic E-state index is 0.0808. The standard InChI is InChI=1S/C41H51ClN4O12/c1-8-25(20-47)57-33(53-5)21-56-41(51)43-14-13-32(48)45-35(22(2)3)40(50)58-30-17-29-34(27-12-10-9-11-26(27)30)24(18-42)19-46(29)39(49)28-15-23-16-31(52-4)37(54-6)38(55-7)36(23)44-28/h9-12,15-17,22,24-25,33,35,44,47H,8,13-14,18-21H2,1-7H3,(H,43,51)(H,45,48)/t24-,25?,33?,35+/m1/s1. The number of aromatic amines is 1. The maximum Gasteiger partial charge on any atom is 0.407 e. The van der Waals surface area contributed by atoms with E-state index in [0.29, 0.717) is 45.6 Å². The van der Waals surface area contributed by atoms with E-state index < -0.39 is 36.4 Å². The number of anilines is 1. The van der Waals surface area contributed by atoms with E-state index in [4.69, 9.17) is 44.8 Å². The molecule has 0 saturated carbocycles. The first kappa shape index (κ1) is 43.8. The van der Waals surface area contributed by atoms with Crippen molar-refractivity contribution in [3.8, 4) is 23.0 Å². The second kappa shape index (κ2) is 19.9. The van der Waals surface area contributed by atoms with Crippen LogP contribution in [0.5, 0.6) is 23.0 Å². The normalized spacial score (nSPS) is 15.1. The van der Waals surface area contributed by atoms with E-state index >= 15 is 0 Å². The summed E-state index contributed by atoms with van der Waals surface area (Å²) in [4.78, 5) is 58.2. The third kappa shape index (κ3) is 9.52. The van der Waals surface area contributed by atoms with Gasteiger partial charge in [-0.2, -0.15) is 0 Å². The number of ether oxygens (including phenoxy) is 7. The summed E-state index contributed by atoms with van der Waals surface area (Å²) in [6.07, 6.45) is -1.76. The van der Waals surface area contributed by atoms with E-state index in [1.54, 1.807) is 36.9 Å². The van der Waals surface area contributed by atoms with Gasteiger partial charge in [0.2, 0.25) is 11.7 Å². The number of nitrogens with zero attached hydrogens (tertiary/aromatic N) is 1. The van der Waals surface area contributed by atoms with Crippen molar-refractivity contribution in [1.82, 2.24) is 15.6 Å². The van der Waals surface area contributed by atoms with E-state index in [1.807, 2.05) is 31.2 Å². The van der Waals surface area contributed by atoms with Gasteiger partial charge in [-0.1, -0.05) is 45.0 Å². The Labute approximate surface area is 341 Å². The third-order valence-corrected chi connectivity index (χ3v) is 10.3. The number of nitrogens with one attached hydrogen (secondary N) is 3. The molecule has 4 aromatic rings. The number of halogens is 1. The number of fused-ring (bicyclic) bond motifs is 4. The van der Waals surface area contributed by atoms with E-state index in [-0.39, 0.29) is 67.8 Å². The summed E-state index contributed by atoms with van der Waals surface area (Å²) < 4.78 is 38.5. The van der Waals surface area contributed by atoms with Gasteiger partial charge in [0.1, 0.15) is 24.1 Å². The molecule has 2 unspecified atom stereocenters. The summed E-state index contributed by atoms with van der Waals surface area (Å²) in [5.41, 5.74) is 2.20.